The number of piperidine rings is 1. The third kappa shape index (κ3) is 3.61. The minimum absolute atomic E-state index is 0.0986. The van der Waals surface area contributed by atoms with Gasteiger partial charge in [0.05, 0.1) is 0 Å². The van der Waals surface area contributed by atoms with Gasteiger partial charge >= 0.3 is 0 Å². The molecule has 1 aliphatic rings. The number of benzene rings is 1. The Morgan fingerprint density at radius 3 is 3.06 bits per heavy atom. The Hall–Kier alpha value is -1.28. The number of hydrogen-bond donors (Lipinski definition) is 0. The summed E-state index contributed by atoms with van der Waals surface area (Å²) in [5, 5.41) is 0.691. The summed E-state index contributed by atoms with van der Waals surface area (Å²) < 4.78 is 0. The van der Waals surface area contributed by atoms with E-state index in [-0.39, 0.29) is 5.91 Å². The number of likely N-dealkylation sites (tertiary alicyclic amines) is 1. The average Bonchev–Trinajstić information content (AvgIpc) is 2.36. The maximum atomic E-state index is 12.0. The summed E-state index contributed by atoms with van der Waals surface area (Å²) in [6.07, 6.45) is 5.80. The molecule has 0 N–H and O–H groups in total. The largest absolute Gasteiger partial charge is 0.339 e. The van der Waals surface area contributed by atoms with E-state index >= 15 is 0 Å². The topological polar surface area (TPSA) is 20.3 Å². The molecule has 2 rings (SSSR count). The number of amides is 1. The first-order valence-corrected chi connectivity index (χ1v) is 6.75. The molecule has 0 aromatic heterocycles. The molecule has 0 spiro atoms. The first-order chi connectivity index (χ1) is 8.65. The second-order valence-electron chi connectivity index (χ2n) is 4.92. The summed E-state index contributed by atoms with van der Waals surface area (Å²) in [5.41, 5.74) is 0.959. The quantitative estimate of drug-likeness (QED) is 0.747. The summed E-state index contributed by atoms with van der Waals surface area (Å²) in [5.74, 6) is 0.712. The van der Waals surface area contributed by atoms with E-state index in [1.165, 1.54) is 6.42 Å². The van der Waals surface area contributed by atoms with Gasteiger partial charge in [-0.3, -0.25) is 4.79 Å². The minimum Gasteiger partial charge on any atom is -0.339 e. The third-order valence-corrected chi connectivity index (χ3v) is 3.47. The zero-order valence-electron chi connectivity index (χ0n) is 10.6. The number of carbonyl (C=O) groups is 1. The lowest BCUT2D eigenvalue weighted by Gasteiger charge is -2.30. The fraction of sp³-hybridized carbons (Fsp3) is 0.400. The lowest BCUT2D eigenvalue weighted by atomic mass is 10.0. The Balaban J connectivity index is 1.98. The zero-order valence-corrected chi connectivity index (χ0v) is 11.4. The molecule has 1 amide bonds. The first kappa shape index (κ1) is 13.2. The van der Waals surface area contributed by atoms with Gasteiger partial charge in [0.2, 0.25) is 5.91 Å². The minimum atomic E-state index is 0.0986. The molecule has 0 radical (unpaired) electrons. The van der Waals surface area contributed by atoms with Crippen LogP contribution in [0, 0.1) is 5.92 Å². The van der Waals surface area contributed by atoms with E-state index in [1.807, 2.05) is 35.2 Å². The van der Waals surface area contributed by atoms with Gasteiger partial charge in [-0.05, 0) is 42.5 Å². The maximum Gasteiger partial charge on any atom is 0.246 e. The van der Waals surface area contributed by atoms with Gasteiger partial charge in [-0.2, -0.15) is 0 Å². The van der Waals surface area contributed by atoms with Gasteiger partial charge in [0.15, 0.2) is 0 Å². The van der Waals surface area contributed by atoms with Crippen molar-refractivity contribution in [2.75, 3.05) is 13.1 Å². The number of carbonyl (C=O) groups excluding carboxylic acids is 1. The molecule has 0 bridgehead atoms. The first-order valence-electron chi connectivity index (χ1n) is 6.38. The van der Waals surface area contributed by atoms with Crippen LogP contribution < -0.4 is 0 Å². The van der Waals surface area contributed by atoms with Crippen molar-refractivity contribution < 1.29 is 4.79 Å². The Kier molecular flexibility index (Phi) is 4.43. The fourth-order valence-electron chi connectivity index (χ4n) is 2.27. The van der Waals surface area contributed by atoms with Gasteiger partial charge in [0.1, 0.15) is 0 Å². The zero-order chi connectivity index (χ0) is 13.0. The molecule has 0 saturated carbocycles. The predicted octanol–water partition coefficient (Wildman–Crippen LogP) is 3.61. The molecular formula is C15H18ClNO. The van der Waals surface area contributed by atoms with Gasteiger partial charge < -0.3 is 4.90 Å². The van der Waals surface area contributed by atoms with Crippen LogP contribution >= 0.6 is 11.6 Å². The summed E-state index contributed by atoms with van der Waals surface area (Å²) in [7, 11) is 0. The van der Waals surface area contributed by atoms with Crippen LogP contribution in [-0.4, -0.2) is 23.9 Å². The summed E-state index contributed by atoms with van der Waals surface area (Å²) in [4.78, 5) is 13.9. The lowest BCUT2D eigenvalue weighted by Crippen LogP contribution is -2.38. The second kappa shape index (κ2) is 6.05. The molecule has 2 nitrogen and oxygen atoms in total. The van der Waals surface area contributed by atoms with Crippen molar-refractivity contribution in [3.63, 3.8) is 0 Å². The molecule has 96 valence electrons. The normalized spacial score (nSPS) is 20.3. The third-order valence-electron chi connectivity index (χ3n) is 3.24. The number of rotatable bonds is 2. The van der Waals surface area contributed by atoms with E-state index in [4.69, 9.17) is 11.6 Å². The highest BCUT2D eigenvalue weighted by Crippen LogP contribution is 2.16. The van der Waals surface area contributed by atoms with E-state index in [0.29, 0.717) is 10.9 Å². The highest BCUT2D eigenvalue weighted by Gasteiger charge is 2.18. The van der Waals surface area contributed by atoms with E-state index in [2.05, 4.69) is 6.92 Å². The van der Waals surface area contributed by atoms with Crippen LogP contribution in [0.2, 0.25) is 5.02 Å². The molecule has 1 aliphatic heterocycles. The van der Waals surface area contributed by atoms with E-state index in [1.54, 1.807) is 6.08 Å². The van der Waals surface area contributed by atoms with Crippen molar-refractivity contribution in [1.29, 1.82) is 0 Å². The Labute approximate surface area is 113 Å². The van der Waals surface area contributed by atoms with Crippen molar-refractivity contribution >= 4 is 23.6 Å². The van der Waals surface area contributed by atoms with Gasteiger partial charge in [-0.15, -0.1) is 0 Å². The second-order valence-corrected chi connectivity index (χ2v) is 5.36. The standard InChI is InChI=1S/C15H18ClNO/c1-12-4-3-9-17(11-12)15(18)8-7-13-5-2-6-14(16)10-13/h2,5-8,10,12H,3-4,9,11H2,1H3/b8-7+. The van der Waals surface area contributed by atoms with Crippen LogP contribution in [0.3, 0.4) is 0 Å². The van der Waals surface area contributed by atoms with Crippen molar-refractivity contribution in [1.82, 2.24) is 4.90 Å². The molecule has 1 aromatic rings. The van der Waals surface area contributed by atoms with Crippen LogP contribution in [-0.2, 0) is 4.79 Å². The Morgan fingerprint density at radius 2 is 2.33 bits per heavy atom. The molecule has 1 atom stereocenters. The highest BCUT2D eigenvalue weighted by atomic mass is 35.5. The van der Waals surface area contributed by atoms with Gasteiger partial charge in [0, 0.05) is 24.2 Å². The smallest absolute Gasteiger partial charge is 0.246 e. The molecule has 1 unspecified atom stereocenters. The number of nitrogens with zero attached hydrogens (tertiary/aromatic N) is 1. The molecule has 18 heavy (non-hydrogen) atoms. The monoisotopic (exact) mass is 263 g/mol. The summed E-state index contributed by atoms with van der Waals surface area (Å²) >= 11 is 5.90. The molecule has 0 aliphatic carbocycles. The number of halogens is 1. The SMILES string of the molecule is CC1CCCN(C(=O)/C=C/c2cccc(Cl)c2)C1. The van der Waals surface area contributed by atoms with Crippen molar-refractivity contribution in [2.45, 2.75) is 19.8 Å². The maximum absolute atomic E-state index is 12.0. The molecule has 1 heterocycles. The summed E-state index contributed by atoms with van der Waals surface area (Å²) in [6.45, 7) is 3.95. The van der Waals surface area contributed by atoms with Crippen molar-refractivity contribution in [2.24, 2.45) is 5.92 Å². The van der Waals surface area contributed by atoms with Crippen molar-refractivity contribution in [3.8, 4) is 0 Å². The fourth-order valence-corrected chi connectivity index (χ4v) is 2.47. The van der Waals surface area contributed by atoms with Gasteiger partial charge in [-0.1, -0.05) is 30.7 Å². The molecule has 1 fully saturated rings. The van der Waals surface area contributed by atoms with Crippen LogP contribution in [0.25, 0.3) is 6.08 Å². The van der Waals surface area contributed by atoms with Crippen molar-refractivity contribution in [3.05, 3.63) is 40.9 Å². The predicted molar refractivity (Wildman–Crippen MR) is 75.5 cm³/mol. The lowest BCUT2D eigenvalue weighted by molar-refractivity contribution is -0.127. The van der Waals surface area contributed by atoms with E-state index in [0.717, 1.165) is 25.1 Å². The van der Waals surface area contributed by atoms with E-state index in [9.17, 15) is 4.79 Å². The highest BCUT2D eigenvalue weighted by molar-refractivity contribution is 6.30. The number of hydrogen-bond acceptors (Lipinski definition) is 1. The summed E-state index contributed by atoms with van der Waals surface area (Å²) in [6, 6.07) is 7.50. The van der Waals surface area contributed by atoms with Crippen LogP contribution in [0.5, 0.6) is 0 Å². The Morgan fingerprint density at radius 1 is 1.50 bits per heavy atom. The Bertz CT molecular complexity index is 456. The molecule has 1 aromatic carbocycles. The van der Waals surface area contributed by atoms with E-state index < -0.39 is 0 Å². The molecule has 3 heteroatoms. The van der Waals surface area contributed by atoms with Crippen LogP contribution in [0.1, 0.15) is 25.3 Å². The van der Waals surface area contributed by atoms with Crippen LogP contribution in [0.4, 0.5) is 0 Å². The average molecular weight is 264 g/mol. The molecule has 1 saturated heterocycles. The molecular weight excluding hydrogens is 246 g/mol. The van der Waals surface area contributed by atoms with Crippen LogP contribution in [0.15, 0.2) is 30.3 Å². The van der Waals surface area contributed by atoms with Gasteiger partial charge in [-0.25, -0.2) is 0 Å². The van der Waals surface area contributed by atoms with Gasteiger partial charge in [0.25, 0.3) is 0 Å².